The Bertz CT molecular complexity index is 501. The first-order valence-corrected chi connectivity index (χ1v) is 4.49. The number of aromatic nitrogens is 2. The quantitative estimate of drug-likeness (QED) is 0.460. The number of nitrogens with one attached hydrogen (secondary N) is 2. The topological polar surface area (TPSA) is 83.8 Å². The molecule has 0 spiro atoms. The molecule has 4 N–H and O–H groups in total. The Morgan fingerprint density at radius 1 is 1.69 bits per heavy atom. The second kappa shape index (κ2) is 2.82. The number of nitrogens with two attached hydrogens (primary N) is 1. The summed E-state index contributed by atoms with van der Waals surface area (Å²) in [6.45, 7) is 1.93. The number of aromatic amines is 1. The van der Waals surface area contributed by atoms with E-state index in [1.54, 1.807) is 0 Å². The molecule has 0 amide bonds. The van der Waals surface area contributed by atoms with Gasteiger partial charge in [-0.05, 0) is 13.0 Å². The van der Waals surface area contributed by atoms with Crippen LogP contribution in [0.3, 0.4) is 0 Å². The summed E-state index contributed by atoms with van der Waals surface area (Å²) in [5, 5.41) is 0.612. The third kappa shape index (κ3) is 1.30. The first-order valence-electron chi connectivity index (χ1n) is 3.68. The molecule has 0 radical (unpaired) electrons. The van der Waals surface area contributed by atoms with Crippen LogP contribution in [-0.4, -0.2) is 9.97 Å². The van der Waals surface area contributed by atoms with E-state index in [0.717, 1.165) is 4.88 Å². The van der Waals surface area contributed by atoms with Gasteiger partial charge in [-0.1, -0.05) is 0 Å². The van der Waals surface area contributed by atoms with Crippen molar-refractivity contribution in [3.63, 3.8) is 0 Å². The minimum absolute atomic E-state index is 0.165. The number of nitrogen functional groups attached to an aromatic ring is 1. The number of hydrogen-bond donors (Lipinski definition) is 3. The third-order valence-electron chi connectivity index (χ3n) is 1.66. The number of rotatable bonds is 1. The van der Waals surface area contributed by atoms with Crippen LogP contribution in [0.5, 0.6) is 0 Å². The van der Waals surface area contributed by atoms with Crippen molar-refractivity contribution < 1.29 is 0 Å². The van der Waals surface area contributed by atoms with Gasteiger partial charge in [0.15, 0.2) is 0 Å². The van der Waals surface area contributed by atoms with Gasteiger partial charge in [0.1, 0.15) is 4.83 Å². The van der Waals surface area contributed by atoms with Crippen molar-refractivity contribution in [3.05, 3.63) is 21.3 Å². The lowest BCUT2D eigenvalue weighted by Crippen LogP contribution is -2.16. The predicted octanol–water partition coefficient (Wildman–Crippen LogP) is 0.579. The molecule has 0 unspecified atom stereocenters. The molecule has 2 rings (SSSR count). The lowest BCUT2D eigenvalue weighted by atomic mass is 10.4. The number of anilines is 1. The summed E-state index contributed by atoms with van der Waals surface area (Å²) >= 11 is 1.47. The summed E-state index contributed by atoms with van der Waals surface area (Å²) in [5.74, 6) is 5.43. The molecule has 13 heavy (non-hydrogen) atoms. The number of H-pyrrole nitrogens is 1. The monoisotopic (exact) mass is 196 g/mol. The van der Waals surface area contributed by atoms with E-state index in [4.69, 9.17) is 5.84 Å². The molecular weight excluding hydrogens is 188 g/mol. The molecule has 2 heterocycles. The zero-order valence-corrected chi connectivity index (χ0v) is 7.73. The van der Waals surface area contributed by atoms with Crippen molar-refractivity contribution >= 4 is 27.5 Å². The van der Waals surface area contributed by atoms with E-state index in [1.165, 1.54) is 11.3 Å². The van der Waals surface area contributed by atoms with Crippen molar-refractivity contribution in [2.24, 2.45) is 5.84 Å². The van der Waals surface area contributed by atoms with Crippen molar-refractivity contribution in [2.45, 2.75) is 6.92 Å². The van der Waals surface area contributed by atoms with Gasteiger partial charge in [0.25, 0.3) is 5.56 Å². The summed E-state index contributed by atoms with van der Waals surface area (Å²) in [7, 11) is 0. The summed E-state index contributed by atoms with van der Waals surface area (Å²) < 4.78 is 0. The molecule has 5 nitrogen and oxygen atoms in total. The number of nitrogens with zero attached hydrogens (tertiary/aromatic N) is 1. The van der Waals surface area contributed by atoms with Crippen LogP contribution in [0.4, 0.5) is 5.95 Å². The van der Waals surface area contributed by atoms with Gasteiger partial charge in [0.05, 0.1) is 5.39 Å². The van der Waals surface area contributed by atoms with E-state index in [1.807, 2.05) is 13.0 Å². The Kier molecular flexibility index (Phi) is 1.78. The average Bonchev–Trinajstić information content (AvgIpc) is 2.46. The number of fused-ring (bicyclic) bond motifs is 1. The first-order chi connectivity index (χ1) is 6.20. The van der Waals surface area contributed by atoms with Gasteiger partial charge in [-0.25, -0.2) is 10.8 Å². The van der Waals surface area contributed by atoms with Gasteiger partial charge in [-0.3, -0.25) is 15.2 Å². The molecule has 0 saturated heterocycles. The molecule has 0 aliphatic rings. The second-order valence-corrected chi connectivity index (χ2v) is 3.87. The largest absolute Gasteiger partial charge is 0.294 e. The van der Waals surface area contributed by atoms with Crippen LogP contribution in [0.15, 0.2) is 10.9 Å². The summed E-state index contributed by atoms with van der Waals surface area (Å²) in [5.41, 5.74) is 2.14. The Morgan fingerprint density at radius 2 is 2.46 bits per heavy atom. The highest BCUT2D eigenvalue weighted by atomic mass is 32.1. The fraction of sp³-hybridized carbons (Fsp3) is 0.143. The number of hydrazine groups is 1. The van der Waals surface area contributed by atoms with Crippen LogP contribution in [0.1, 0.15) is 4.88 Å². The summed E-state index contributed by atoms with van der Waals surface area (Å²) in [4.78, 5) is 19.8. The van der Waals surface area contributed by atoms with E-state index >= 15 is 0 Å². The molecule has 6 heteroatoms. The van der Waals surface area contributed by atoms with Crippen LogP contribution in [0.2, 0.25) is 0 Å². The third-order valence-corrected chi connectivity index (χ3v) is 2.61. The molecule has 2 aromatic rings. The Labute approximate surface area is 77.6 Å². The van der Waals surface area contributed by atoms with Gasteiger partial charge >= 0.3 is 0 Å². The molecule has 0 aliphatic heterocycles. The molecule has 0 atom stereocenters. The van der Waals surface area contributed by atoms with E-state index in [0.29, 0.717) is 16.2 Å². The smallest absolute Gasteiger partial charge is 0.261 e. The minimum Gasteiger partial charge on any atom is -0.294 e. The highest BCUT2D eigenvalue weighted by molar-refractivity contribution is 7.18. The first kappa shape index (κ1) is 8.21. The second-order valence-electron chi connectivity index (χ2n) is 2.63. The fourth-order valence-corrected chi connectivity index (χ4v) is 2.00. The van der Waals surface area contributed by atoms with E-state index < -0.39 is 0 Å². The van der Waals surface area contributed by atoms with Gasteiger partial charge in [-0.2, -0.15) is 0 Å². The zero-order valence-electron chi connectivity index (χ0n) is 6.92. The van der Waals surface area contributed by atoms with Crippen LogP contribution in [-0.2, 0) is 0 Å². The Hall–Kier alpha value is -1.40. The van der Waals surface area contributed by atoms with Crippen molar-refractivity contribution in [3.8, 4) is 0 Å². The fourth-order valence-electron chi connectivity index (χ4n) is 1.12. The van der Waals surface area contributed by atoms with Crippen molar-refractivity contribution in [1.82, 2.24) is 9.97 Å². The molecule has 68 valence electrons. The highest BCUT2D eigenvalue weighted by Gasteiger charge is 2.05. The lowest BCUT2D eigenvalue weighted by molar-refractivity contribution is 1.13. The molecular formula is C7H8N4OS. The maximum Gasteiger partial charge on any atom is 0.261 e. The maximum atomic E-state index is 11.4. The molecule has 2 aromatic heterocycles. The number of thiophene rings is 1. The van der Waals surface area contributed by atoms with Crippen LogP contribution in [0.25, 0.3) is 10.2 Å². The molecule has 0 saturated carbocycles. The molecule has 0 bridgehead atoms. The van der Waals surface area contributed by atoms with Gasteiger partial charge in [0.2, 0.25) is 5.95 Å². The van der Waals surface area contributed by atoms with Gasteiger partial charge < -0.3 is 0 Å². The van der Waals surface area contributed by atoms with Crippen molar-refractivity contribution in [1.29, 1.82) is 0 Å². The van der Waals surface area contributed by atoms with Crippen LogP contribution in [0, 0.1) is 6.92 Å². The maximum absolute atomic E-state index is 11.4. The standard InChI is InChI=1S/C7H8N4OS/c1-3-2-4-5(12)9-7(11-8)10-6(4)13-3/h2H,8H2,1H3,(H2,9,10,11,12). The van der Waals surface area contributed by atoms with E-state index in [9.17, 15) is 4.79 Å². The molecule has 0 fully saturated rings. The molecule has 0 aliphatic carbocycles. The number of hydrogen-bond acceptors (Lipinski definition) is 5. The zero-order chi connectivity index (χ0) is 9.42. The summed E-state index contributed by atoms with van der Waals surface area (Å²) in [6, 6.07) is 1.81. The molecule has 0 aromatic carbocycles. The Morgan fingerprint density at radius 3 is 3.15 bits per heavy atom. The highest BCUT2D eigenvalue weighted by Crippen LogP contribution is 2.20. The van der Waals surface area contributed by atoms with E-state index in [-0.39, 0.29) is 5.56 Å². The lowest BCUT2D eigenvalue weighted by Gasteiger charge is -1.96. The average molecular weight is 196 g/mol. The summed E-state index contributed by atoms with van der Waals surface area (Å²) in [6.07, 6.45) is 0. The van der Waals surface area contributed by atoms with Crippen LogP contribution < -0.4 is 16.8 Å². The normalized spacial score (nSPS) is 10.6. The van der Waals surface area contributed by atoms with E-state index in [2.05, 4.69) is 15.4 Å². The SMILES string of the molecule is Cc1cc2c(=O)[nH]c(NN)nc2s1. The number of aryl methyl sites for hydroxylation is 1. The van der Waals surface area contributed by atoms with Gasteiger partial charge in [0, 0.05) is 4.88 Å². The Balaban J connectivity index is 2.83. The minimum atomic E-state index is -0.165. The van der Waals surface area contributed by atoms with Gasteiger partial charge in [-0.15, -0.1) is 11.3 Å². The van der Waals surface area contributed by atoms with Crippen LogP contribution >= 0.6 is 11.3 Å². The predicted molar refractivity (Wildman–Crippen MR) is 52.8 cm³/mol. The van der Waals surface area contributed by atoms with Crippen molar-refractivity contribution in [2.75, 3.05) is 5.43 Å².